The summed E-state index contributed by atoms with van der Waals surface area (Å²) < 4.78 is 60.1. The van der Waals surface area contributed by atoms with E-state index in [2.05, 4.69) is 20.5 Å². The molecule has 2 aromatic rings. The first kappa shape index (κ1) is 22.5. The van der Waals surface area contributed by atoms with Crippen LogP contribution in [0.25, 0.3) is 0 Å². The number of benzene rings is 2. The molecule has 0 heterocycles. The fraction of sp³-hybridized carbons (Fsp3) is 0.294. The molecule has 4 nitrogen and oxygen atoms in total. The van der Waals surface area contributed by atoms with Crippen LogP contribution in [0.5, 0.6) is 0 Å². The van der Waals surface area contributed by atoms with Crippen molar-refractivity contribution in [3.63, 3.8) is 0 Å². The zero-order chi connectivity index (χ0) is 19.9. The summed E-state index contributed by atoms with van der Waals surface area (Å²) in [6.45, 7) is 0.704. The fourth-order valence-corrected chi connectivity index (χ4v) is 3.92. The maximum atomic E-state index is 13.7. The summed E-state index contributed by atoms with van der Waals surface area (Å²) in [5.41, 5.74) is 1.16. The summed E-state index contributed by atoms with van der Waals surface area (Å²) in [7, 11) is -3.78. The monoisotopic (exact) mass is 484 g/mol. The lowest BCUT2D eigenvalue weighted by Crippen LogP contribution is -2.15. The zero-order valence-electron chi connectivity index (χ0n) is 14.0. The van der Waals surface area contributed by atoms with Crippen molar-refractivity contribution >= 4 is 35.9 Å². The third-order valence-corrected chi connectivity index (χ3v) is 5.47. The van der Waals surface area contributed by atoms with Crippen molar-refractivity contribution < 1.29 is 31.9 Å². The van der Waals surface area contributed by atoms with Crippen LogP contribution in [-0.4, -0.2) is 17.3 Å². The molecular formula is C17H17BrF3O4PS. The SMILES string of the molecule is O=[PH](O)OC(F)(F)c1ccc(COCCSCc2ccc(F)cc2)cc1Br. The van der Waals surface area contributed by atoms with E-state index in [4.69, 9.17) is 9.63 Å². The Morgan fingerprint density at radius 3 is 2.44 bits per heavy atom. The third kappa shape index (κ3) is 7.60. The van der Waals surface area contributed by atoms with Gasteiger partial charge in [0.15, 0.2) is 0 Å². The molecule has 27 heavy (non-hydrogen) atoms. The van der Waals surface area contributed by atoms with Gasteiger partial charge in [0.1, 0.15) is 5.82 Å². The van der Waals surface area contributed by atoms with Gasteiger partial charge >= 0.3 is 14.4 Å². The van der Waals surface area contributed by atoms with Crippen LogP contribution in [0, 0.1) is 5.82 Å². The molecule has 0 aliphatic carbocycles. The minimum Gasteiger partial charge on any atom is -0.376 e. The fourth-order valence-electron chi connectivity index (χ4n) is 2.13. The molecule has 2 rings (SSSR count). The topological polar surface area (TPSA) is 55.8 Å². The van der Waals surface area contributed by atoms with E-state index in [1.165, 1.54) is 24.3 Å². The maximum absolute atomic E-state index is 13.7. The normalized spacial score (nSPS) is 12.9. The van der Waals surface area contributed by atoms with Crippen molar-refractivity contribution in [1.82, 2.24) is 0 Å². The van der Waals surface area contributed by atoms with Crippen molar-refractivity contribution in [3.8, 4) is 0 Å². The van der Waals surface area contributed by atoms with Gasteiger partial charge in [0.25, 0.3) is 0 Å². The predicted octanol–water partition coefficient (Wildman–Crippen LogP) is 5.49. The Morgan fingerprint density at radius 1 is 1.15 bits per heavy atom. The largest absolute Gasteiger partial charge is 0.390 e. The van der Waals surface area contributed by atoms with Crippen LogP contribution in [0.2, 0.25) is 0 Å². The second-order valence-electron chi connectivity index (χ2n) is 5.43. The quantitative estimate of drug-likeness (QED) is 0.357. The number of alkyl halides is 2. The maximum Gasteiger partial charge on any atom is 0.390 e. The van der Waals surface area contributed by atoms with E-state index in [1.54, 1.807) is 23.9 Å². The Morgan fingerprint density at radius 2 is 1.81 bits per heavy atom. The van der Waals surface area contributed by atoms with E-state index in [0.717, 1.165) is 23.1 Å². The average Bonchev–Trinajstić information content (AvgIpc) is 2.58. The summed E-state index contributed by atoms with van der Waals surface area (Å²) in [4.78, 5) is 8.56. The minimum atomic E-state index is -3.86. The molecule has 0 aliphatic heterocycles. The van der Waals surface area contributed by atoms with Gasteiger partial charge in [-0.25, -0.2) is 8.91 Å². The van der Waals surface area contributed by atoms with E-state index in [0.29, 0.717) is 12.2 Å². The molecule has 148 valence electrons. The van der Waals surface area contributed by atoms with Crippen LogP contribution in [0.4, 0.5) is 13.2 Å². The van der Waals surface area contributed by atoms with E-state index in [1.807, 2.05) is 0 Å². The Kier molecular flexibility index (Phi) is 8.85. The highest BCUT2D eigenvalue weighted by atomic mass is 79.9. The second kappa shape index (κ2) is 10.6. The molecule has 10 heteroatoms. The Hall–Kier alpha value is -0.830. The van der Waals surface area contributed by atoms with Crippen molar-refractivity contribution in [2.75, 3.05) is 12.4 Å². The number of halogens is 4. The second-order valence-corrected chi connectivity index (χ2v) is 8.13. The lowest BCUT2D eigenvalue weighted by atomic mass is 10.1. The summed E-state index contributed by atoms with van der Waals surface area (Å²) in [6, 6.07) is 10.3. The predicted molar refractivity (Wildman–Crippen MR) is 103 cm³/mol. The molecule has 0 saturated heterocycles. The molecule has 1 atom stereocenters. The van der Waals surface area contributed by atoms with E-state index in [-0.39, 0.29) is 16.9 Å². The summed E-state index contributed by atoms with van der Waals surface area (Å²) in [5, 5.41) is 0. The lowest BCUT2D eigenvalue weighted by molar-refractivity contribution is -0.186. The van der Waals surface area contributed by atoms with Gasteiger partial charge in [0.05, 0.1) is 18.8 Å². The molecule has 0 fully saturated rings. The summed E-state index contributed by atoms with van der Waals surface area (Å²) in [6.07, 6.45) is -3.86. The van der Waals surface area contributed by atoms with Gasteiger partial charge in [-0.2, -0.15) is 20.5 Å². The standard InChI is InChI=1S/C17H17BrF3O4PS/c18-16-9-13(3-6-15(16)17(20,21)25-26(22)23)10-24-7-8-27-11-12-1-4-14(19)5-2-12/h1-6,9,26H,7-8,10-11H2,(H,22,23). The highest BCUT2D eigenvalue weighted by Gasteiger charge is 2.37. The minimum absolute atomic E-state index is 0.0579. The van der Waals surface area contributed by atoms with Crippen LogP contribution < -0.4 is 0 Å². The Labute approximate surface area is 168 Å². The zero-order valence-corrected chi connectivity index (χ0v) is 17.4. The highest BCUT2D eigenvalue weighted by Crippen LogP contribution is 2.40. The van der Waals surface area contributed by atoms with Crippen LogP contribution in [0.1, 0.15) is 16.7 Å². The summed E-state index contributed by atoms with van der Waals surface area (Å²) in [5.74, 6) is 1.21. The van der Waals surface area contributed by atoms with Gasteiger partial charge in [-0.3, -0.25) is 4.57 Å². The molecular weight excluding hydrogens is 468 g/mol. The van der Waals surface area contributed by atoms with Crippen molar-refractivity contribution in [3.05, 3.63) is 69.4 Å². The number of hydrogen-bond donors (Lipinski definition) is 1. The first-order valence-electron chi connectivity index (χ1n) is 7.76. The molecule has 2 aromatic carbocycles. The smallest absolute Gasteiger partial charge is 0.376 e. The van der Waals surface area contributed by atoms with E-state index in [9.17, 15) is 17.7 Å². The molecule has 0 bridgehead atoms. The van der Waals surface area contributed by atoms with Gasteiger partial charge in [-0.15, -0.1) is 0 Å². The molecule has 0 aliphatic rings. The van der Waals surface area contributed by atoms with Crippen molar-refractivity contribution in [1.29, 1.82) is 0 Å². The lowest BCUT2D eigenvalue weighted by Gasteiger charge is -2.17. The molecule has 0 aromatic heterocycles. The van der Waals surface area contributed by atoms with E-state index >= 15 is 0 Å². The molecule has 0 amide bonds. The summed E-state index contributed by atoms with van der Waals surface area (Å²) >= 11 is 4.66. The third-order valence-electron chi connectivity index (χ3n) is 3.39. The van der Waals surface area contributed by atoms with Gasteiger partial charge in [-0.1, -0.05) is 34.1 Å². The molecule has 0 radical (unpaired) electrons. The van der Waals surface area contributed by atoms with Crippen LogP contribution in [-0.2, 0) is 32.3 Å². The van der Waals surface area contributed by atoms with Gasteiger partial charge in [-0.05, 0) is 35.4 Å². The number of hydrogen-bond acceptors (Lipinski definition) is 4. The molecule has 1 unspecified atom stereocenters. The number of rotatable bonds is 10. The van der Waals surface area contributed by atoms with Crippen LogP contribution in [0.15, 0.2) is 46.9 Å². The number of ether oxygens (including phenoxy) is 1. The van der Waals surface area contributed by atoms with E-state index < -0.39 is 19.9 Å². The first-order chi connectivity index (χ1) is 12.8. The van der Waals surface area contributed by atoms with Crippen molar-refractivity contribution in [2.24, 2.45) is 0 Å². The van der Waals surface area contributed by atoms with Gasteiger partial charge in [0, 0.05) is 16.0 Å². The van der Waals surface area contributed by atoms with Gasteiger partial charge in [0.2, 0.25) is 0 Å². The van der Waals surface area contributed by atoms with Crippen molar-refractivity contribution in [2.45, 2.75) is 18.5 Å². The number of thioether (sulfide) groups is 1. The molecule has 0 spiro atoms. The Balaban J connectivity index is 1.75. The van der Waals surface area contributed by atoms with Crippen LogP contribution >= 0.6 is 35.9 Å². The first-order valence-corrected chi connectivity index (χ1v) is 11.0. The highest BCUT2D eigenvalue weighted by molar-refractivity contribution is 9.10. The molecule has 0 saturated carbocycles. The average molecular weight is 485 g/mol. The van der Waals surface area contributed by atoms with Gasteiger partial charge < -0.3 is 9.63 Å². The van der Waals surface area contributed by atoms with Crippen LogP contribution in [0.3, 0.4) is 0 Å². The molecule has 1 N–H and O–H groups in total. The Bertz CT molecular complexity index is 777.